The first-order valence-corrected chi connectivity index (χ1v) is 10.6. The van der Waals surface area contributed by atoms with Gasteiger partial charge in [0.2, 0.25) is 0 Å². The lowest BCUT2D eigenvalue weighted by Gasteiger charge is -2.25. The molecule has 1 aliphatic rings. The monoisotopic (exact) mass is 400 g/mol. The van der Waals surface area contributed by atoms with Crippen LogP contribution < -0.4 is 9.62 Å². The quantitative estimate of drug-likeness (QED) is 0.724. The number of anilines is 2. The standard InChI is InChI=1S/C18H16N4O3S2/c19-12-13-2-1-3-15(10-13)27(23,24)21-14-4-5-16-17(11-14)26-18(20-16)22-6-8-25-9-7-22/h1-5,10-11,21H,6-9H2. The Morgan fingerprint density at radius 3 is 2.78 bits per heavy atom. The molecule has 0 spiro atoms. The number of fused-ring (bicyclic) bond motifs is 1. The second-order valence-electron chi connectivity index (χ2n) is 6.02. The summed E-state index contributed by atoms with van der Waals surface area (Å²) in [7, 11) is -3.77. The molecule has 0 unspecified atom stereocenters. The van der Waals surface area contributed by atoms with Crippen molar-refractivity contribution in [3.63, 3.8) is 0 Å². The van der Waals surface area contributed by atoms with E-state index in [2.05, 4.69) is 14.6 Å². The van der Waals surface area contributed by atoms with Crippen molar-refractivity contribution in [3.05, 3.63) is 48.0 Å². The lowest BCUT2D eigenvalue weighted by Crippen LogP contribution is -2.36. The molecule has 138 valence electrons. The van der Waals surface area contributed by atoms with Crippen LogP contribution >= 0.6 is 11.3 Å². The maximum atomic E-state index is 12.6. The molecule has 0 radical (unpaired) electrons. The molecule has 0 aliphatic carbocycles. The molecule has 2 heterocycles. The molecule has 4 rings (SSSR count). The van der Waals surface area contributed by atoms with Crippen molar-refractivity contribution >= 4 is 42.4 Å². The van der Waals surface area contributed by atoms with Crippen LogP contribution in [0.5, 0.6) is 0 Å². The van der Waals surface area contributed by atoms with E-state index in [0.717, 1.165) is 28.4 Å². The number of thiazole rings is 1. The number of nitrogens with one attached hydrogen (secondary N) is 1. The van der Waals surface area contributed by atoms with E-state index in [-0.39, 0.29) is 4.90 Å². The number of aromatic nitrogens is 1. The number of hydrogen-bond donors (Lipinski definition) is 1. The van der Waals surface area contributed by atoms with Gasteiger partial charge in [-0.1, -0.05) is 17.4 Å². The second-order valence-corrected chi connectivity index (χ2v) is 8.71. The number of morpholine rings is 1. The third-order valence-electron chi connectivity index (χ3n) is 4.18. The van der Waals surface area contributed by atoms with E-state index in [9.17, 15) is 8.42 Å². The first kappa shape index (κ1) is 17.7. The van der Waals surface area contributed by atoms with Gasteiger partial charge in [0, 0.05) is 13.1 Å². The zero-order chi connectivity index (χ0) is 18.9. The minimum Gasteiger partial charge on any atom is -0.378 e. The van der Waals surface area contributed by atoms with Crippen LogP contribution in [-0.2, 0) is 14.8 Å². The van der Waals surface area contributed by atoms with Crippen LogP contribution in [0.3, 0.4) is 0 Å². The summed E-state index contributed by atoms with van der Waals surface area (Å²) >= 11 is 1.53. The zero-order valence-electron chi connectivity index (χ0n) is 14.3. The summed E-state index contributed by atoms with van der Waals surface area (Å²) < 4.78 is 34.1. The highest BCUT2D eigenvalue weighted by Crippen LogP contribution is 2.31. The smallest absolute Gasteiger partial charge is 0.261 e. The molecule has 3 aromatic rings. The number of hydrogen-bond acceptors (Lipinski definition) is 7. The second kappa shape index (κ2) is 7.15. The van der Waals surface area contributed by atoms with Crippen LogP contribution in [-0.4, -0.2) is 39.7 Å². The van der Waals surface area contributed by atoms with Gasteiger partial charge < -0.3 is 9.64 Å². The molecule has 1 aliphatic heterocycles. The molecular weight excluding hydrogens is 384 g/mol. The summed E-state index contributed by atoms with van der Waals surface area (Å²) in [6.45, 7) is 2.97. The fourth-order valence-corrected chi connectivity index (χ4v) is 4.96. The Kier molecular flexibility index (Phi) is 4.70. The van der Waals surface area contributed by atoms with Crippen molar-refractivity contribution in [1.29, 1.82) is 5.26 Å². The Labute approximate surface area is 160 Å². The van der Waals surface area contributed by atoms with E-state index in [1.54, 1.807) is 30.3 Å². The number of rotatable bonds is 4. The molecule has 2 aromatic carbocycles. The van der Waals surface area contributed by atoms with E-state index >= 15 is 0 Å². The molecule has 0 amide bonds. The first-order valence-electron chi connectivity index (χ1n) is 8.31. The minimum absolute atomic E-state index is 0.0555. The van der Waals surface area contributed by atoms with Gasteiger partial charge in [-0.25, -0.2) is 13.4 Å². The Morgan fingerprint density at radius 2 is 2.00 bits per heavy atom. The van der Waals surface area contributed by atoms with E-state index < -0.39 is 10.0 Å². The zero-order valence-corrected chi connectivity index (χ0v) is 15.9. The van der Waals surface area contributed by atoms with Gasteiger partial charge in [-0.05, 0) is 36.4 Å². The van der Waals surface area contributed by atoms with Gasteiger partial charge in [0.25, 0.3) is 10.0 Å². The fourth-order valence-electron chi connectivity index (χ4n) is 2.81. The summed E-state index contributed by atoms with van der Waals surface area (Å²) in [4.78, 5) is 6.86. The summed E-state index contributed by atoms with van der Waals surface area (Å²) in [5, 5.41) is 9.88. The van der Waals surface area contributed by atoms with E-state index in [0.29, 0.717) is 24.5 Å². The topological polar surface area (TPSA) is 95.3 Å². The van der Waals surface area contributed by atoms with Gasteiger partial charge in [-0.2, -0.15) is 5.26 Å². The van der Waals surface area contributed by atoms with Gasteiger partial charge in [-0.15, -0.1) is 0 Å². The summed E-state index contributed by atoms with van der Waals surface area (Å²) in [5.41, 5.74) is 1.59. The lowest BCUT2D eigenvalue weighted by atomic mass is 10.2. The van der Waals surface area contributed by atoms with Crippen molar-refractivity contribution in [2.75, 3.05) is 35.9 Å². The average Bonchev–Trinajstić information content (AvgIpc) is 3.12. The average molecular weight is 400 g/mol. The van der Waals surface area contributed by atoms with Gasteiger partial charge >= 0.3 is 0 Å². The Morgan fingerprint density at radius 1 is 1.19 bits per heavy atom. The predicted molar refractivity (Wildman–Crippen MR) is 105 cm³/mol. The van der Waals surface area contributed by atoms with Crippen molar-refractivity contribution in [2.45, 2.75) is 4.90 Å². The molecule has 27 heavy (non-hydrogen) atoms. The highest BCUT2D eigenvalue weighted by Gasteiger charge is 2.18. The molecule has 9 heteroatoms. The number of sulfonamides is 1. The first-order chi connectivity index (χ1) is 13.0. The Balaban J connectivity index is 1.61. The van der Waals surface area contributed by atoms with Crippen LogP contribution in [0.2, 0.25) is 0 Å². The normalized spacial score (nSPS) is 14.9. The predicted octanol–water partition coefficient (Wildman–Crippen LogP) is 2.81. The maximum Gasteiger partial charge on any atom is 0.261 e. The minimum atomic E-state index is -3.77. The van der Waals surface area contributed by atoms with Crippen molar-refractivity contribution in [1.82, 2.24) is 4.98 Å². The Hall–Kier alpha value is -2.67. The molecular formula is C18H16N4O3S2. The van der Waals surface area contributed by atoms with Crippen molar-refractivity contribution in [3.8, 4) is 6.07 Å². The molecule has 7 nitrogen and oxygen atoms in total. The van der Waals surface area contributed by atoms with Crippen LogP contribution in [0.25, 0.3) is 10.2 Å². The highest BCUT2D eigenvalue weighted by atomic mass is 32.2. The third-order valence-corrected chi connectivity index (χ3v) is 6.64. The van der Waals surface area contributed by atoms with Gasteiger partial charge in [0.1, 0.15) is 0 Å². The number of benzene rings is 2. The summed E-state index contributed by atoms with van der Waals surface area (Å²) in [6, 6.07) is 13.2. The third kappa shape index (κ3) is 3.73. The van der Waals surface area contributed by atoms with E-state index in [1.165, 1.54) is 23.5 Å². The molecule has 0 bridgehead atoms. The number of nitriles is 1. The molecule has 0 saturated carbocycles. The number of ether oxygens (including phenoxy) is 1. The lowest BCUT2D eigenvalue weighted by molar-refractivity contribution is 0.122. The van der Waals surface area contributed by atoms with E-state index in [1.807, 2.05) is 6.07 Å². The van der Waals surface area contributed by atoms with Crippen LogP contribution in [0, 0.1) is 11.3 Å². The van der Waals surface area contributed by atoms with Crippen LogP contribution in [0.4, 0.5) is 10.8 Å². The van der Waals surface area contributed by atoms with E-state index in [4.69, 9.17) is 10.00 Å². The molecule has 1 aromatic heterocycles. The number of nitrogens with zero attached hydrogens (tertiary/aromatic N) is 3. The van der Waals surface area contributed by atoms with Crippen molar-refractivity contribution < 1.29 is 13.2 Å². The molecule has 1 fully saturated rings. The SMILES string of the molecule is N#Cc1cccc(S(=O)(=O)Nc2ccc3nc(N4CCOCC4)sc3c2)c1. The molecule has 1 N–H and O–H groups in total. The van der Waals surface area contributed by atoms with Gasteiger partial charge in [-0.3, -0.25) is 4.72 Å². The summed E-state index contributed by atoms with van der Waals surface area (Å²) in [5.74, 6) is 0. The maximum absolute atomic E-state index is 12.6. The molecule has 1 saturated heterocycles. The fraction of sp³-hybridized carbons (Fsp3) is 0.222. The summed E-state index contributed by atoms with van der Waals surface area (Å²) in [6.07, 6.45) is 0. The largest absolute Gasteiger partial charge is 0.378 e. The highest BCUT2D eigenvalue weighted by molar-refractivity contribution is 7.92. The molecule has 0 atom stereocenters. The van der Waals surface area contributed by atoms with Crippen LogP contribution in [0.15, 0.2) is 47.4 Å². The van der Waals surface area contributed by atoms with Crippen LogP contribution in [0.1, 0.15) is 5.56 Å². The van der Waals surface area contributed by atoms with Crippen molar-refractivity contribution in [2.24, 2.45) is 0 Å². The van der Waals surface area contributed by atoms with Gasteiger partial charge in [0.05, 0.1) is 45.6 Å². The van der Waals surface area contributed by atoms with Gasteiger partial charge in [0.15, 0.2) is 5.13 Å². The Bertz CT molecular complexity index is 1130.